The monoisotopic (exact) mass is 289 g/mol. The van der Waals surface area contributed by atoms with Crippen LogP contribution in [0.25, 0.3) is 0 Å². The smallest absolute Gasteiger partial charge is 0.137 e. The number of rotatable bonds is 5. The third kappa shape index (κ3) is 3.53. The number of aryl methyl sites for hydroxylation is 1. The van der Waals surface area contributed by atoms with E-state index in [9.17, 15) is 0 Å². The summed E-state index contributed by atoms with van der Waals surface area (Å²) in [5.74, 6) is 1.01. The van der Waals surface area contributed by atoms with E-state index >= 15 is 0 Å². The maximum atomic E-state index is 6.17. The molecule has 0 aromatic heterocycles. The SMILES string of the molecule is COc1ccc(CC(CN)c2ccc(C)cc2)cc1Cl. The van der Waals surface area contributed by atoms with Crippen LogP contribution in [-0.2, 0) is 6.42 Å². The molecule has 2 rings (SSSR count). The number of methoxy groups -OCH3 is 1. The summed E-state index contributed by atoms with van der Waals surface area (Å²) in [6.45, 7) is 2.71. The van der Waals surface area contributed by atoms with E-state index in [0.29, 0.717) is 23.2 Å². The molecule has 0 amide bonds. The summed E-state index contributed by atoms with van der Waals surface area (Å²) in [5, 5.41) is 0.643. The van der Waals surface area contributed by atoms with E-state index < -0.39 is 0 Å². The topological polar surface area (TPSA) is 35.2 Å². The lowest BCUT2D eigenvalue weighted by Gasteiger charge is -2.16. The third-order valence-electron chi connectivity index (χ3n) is 3.53. The van der Waals surface area contributed by atoms with Crippen LogP contribution in [0.3, 0.4) is 0 Å². The molecule has 0 radical (unpaired) electrons. The van der Waals surface area contributed by atoms with Gasteiger partial charge >= 0.3 is 0 Å². The maximum absolute atomic E-state index is 6.17. The summed E-state index contributed by atoms with van der Waals surface area (Å²) in [6, 6.07) is 14.5. The number of nitrogens with two attached hydrogens (primary N) is 1. The minimum atomic E-state index is 0.306. The first-order valence-electron chi connectivity index (χ1n) is 6.73. The van der Waals surface area contributed by atoms with Gasteiger partial charge in [0.2, 0.25) is 0 Å². The first kappa shape index (κ1) is 14.9. The van der Waals surface area contributed by atoms with Crippen molar-refractivity contribution in [2.24, 2.45) is 5.73 Å². The summed E-state index contributed by atoms with van der Waals surface area (Å²) < 4.78 is 5.17. The molecule has 0 saturated carbocycles. The Hall–Kier alpha value is -1.51. The minimum absolute atomic E-state index is 0.306. The zero-order chi connectivity index (χ0) is 14.5. The van der Waals surface area contributed by atoms with Gasteiger partial charge in [-0.15, -0.1) is 0 Å². The van der Waals surface area contributed by atoms with Gasteiger partial charge in [-0.3, -0.25) is 0 Å². The Morgan fingerprint density at radius 1 is 1.15 bits per heavy atom. The second-order valence-electron chi connectivity index (χ2n) is 5.02. The van der Waals surface area contributed by atoms with Crippen LogP contribution in [0, 0.1) is 6.92 Å². The van der Waals surface area contributed by atoms with Crippen molar-refractivity contribution in [2.75, 3.05) is 13.7 Å². The molecule has 2 aromatic carbocycles. The molecule has 3 heteroatoms. The molecular formula is C17H20ClNO. The summed E-state index contributed by atoms with van der Waals surface area (Å²) in [5.41, 5.74) is 9.63. The van der Waals surface area contributed by atoms with Gasteiger partial charge in [-0.05, 0) is 43.1 Å². The fourth-order valence-electron chi connectivity index (χ4n) is 2.30. The first-order chi connectivity index (χ1) is 9.63. The number of halogens is 1. The van der Waals surface area contributed by atoms with Crippen LogP contribution in [0.4, 0.5) is 0 Å². The highest BCUT2D eigenvalue weighted by atomic mass is 35.5. The van der Waals surface area contributed by atoms with E-state index in [1.807, 2.05) is 18.2 Å². The van der Waals surface area contributed by atoms with Crippen LogP contribution in [0.2, 0.25) is 5.02 Å². The van der Waals surface area contributed by atoms with E-state index in [2.05, 4.69) is 31.2 Å². The molecule has 0 aliphatic heterocycles. The fourth-order valence-corrected chi connectivity index (χ4v) is 2.58. The Kier molecular flexibility index (Phi) is 5.05. The molecule has 2 aromatic rings. The van der Waals surface area contributed by atoms with Crippen LogP contribution in [-0.4, -0.2) is 13.7 Å². The average molecular weight is 290 g/mol. The lowest BCUT2D eigenvalue weighted by Crippen LogP contribution is -2.15. The largest absolute Gasteiger partial charge is 0.495 e. The molecule has 0 saturated heterocycles. The molecule has 20 heavy (non-hydrogen) atoms. The molecule has 2 nitrogen and oxygen atoms in total. The van der Waals surface area contributed by atoms with Crippen molar-refractivity contribution < 1.29 is 4.74 Å². The van der Waals surface area contributed by atoms with Crippen molar-refractivity contribution in [3.63, 3.8) is 0 Å². The van der Waals surface area contributed by atoms with Crippen molar-refractivity contribution in [2.45, 2.75) is 19.3 Å². The van der Waals surface area contributed by atoms with Crippen LogP contribution in [0.15, 0.2) is 42.5 Å². The summed E-state index contributed by atoms with van der Waals surface area (Å²) in [7, 11) is 1.62. The molecule has 2 N–H and O–H groups in total. The lowest BCUT2D eigenvalue weighted by atomic mass is 9.91. The summed E-state index contributed by atoms with van der Waals surface area (Å²) in [6.07, 6.45) is 0.878. The second-order valence-corrected chi connectivity index (χ2v) is 5.42. The Morgan fingerprint density at radius 2 is 1.85 bits per heavy atom. The van der Waals surface area contributed by atoms with E-state index in [0.717, 1.165) is 6.42 Å². The number of ether oxygens (including phenoxy) is 1. The van der Waals surface area contributed by atoms with Crippen LogP contribution < -0.4 is 10.5 Å². The number of benzene rings is 2. The van der Waals surface area contributed by atoms with Crippen LogP contribution in [0.5, 0.6) is 5.75 Å². The maximum Gasteiger partial charge on any atom is 0.137 e. The fraction of sp³-hybridized carbons (Fsp3) is 0.294. The molecule has 1 atom stereocenters. The van der Waals surface area contributed by atoms with Gasteiger partial charge in [-0.1, -0.05) is 47.5 Å². The lowest BCUT2D eigenvalue weighted by molar-refractivity contribution is 0.415. The second kappa shape index (κ2) is 6.78. The number of hydrogen-bond acceptors (Lipinski definition) is 2. The Balaban J connectivity index is 2.17. The van der Waals surface area contributed by atoms with E-state index in [4.69, 9.17) is 22.1 Å². The Morgan fingerprint density at radius 3 is 2.40 bits per heavy atom. The Labute approximate surface area is 125 Å². The van der Waals surface area contributed by atoms with Crippen molar-refractivity contribution in [1.29, 1.82) is 0 Å². The van der Waals surface area contributed by atoms with Gasteiger partial charge in [-0.2, -0.15) is 0 Å². The average Bonchev–Trinajstić information content (AvgIpc) is 2.46. The van der Waals surface area contributed by atoms with Gasteiger partial charge in [0.25, 0.3) is 0 Å². The van der Waals surface area contributed by atoms with Crippen LogP contribution >= 0.6 is 11.6 Å². The predicted molar refractivity (Wildman–Crippen MR) is 84.7 cm³/mol. The normalized spacial score (nSPS) is 12.2. The Bertz CT molecular complexity index is 566. The highest BCUT2D eigenvalue weighted by molar-refractivity contribution is 6.32. The van der Waals surface area contributed by atoms with E-state index in [-0.39, 0.29) is 0 Å². The number of hydrogen-bond donors (Lipinski definition) is 1. The van der Waals surface area contributed by atoms with Gasteiger partial charge in [-0.25, -0.2) is 0 Å². The molecule has 0 aliphatic rings. The van der Waals surface area contributed by atoms with Crippen molar-refractivity contribution in [1.82, 2.24) is 0 Å². The zero-order valence-electron chi connectivity index (χ0n) is 11.9. The third-order valence-corrected chi connectivity index (χ3v) is 3.83. The van der Waals surface area contributed by atoms with Gasteiger partial charge in [0, 0.05) is 5.92 Å². The molecule has 0 fully saturated rings. The summed E-state index contributed by atoms with van der Waals surface area (Å²) in [4.78, 5) is 0. The molecule has 0 bridgehead atoms. The molecule has 1 unspecified atom stereocenters. The highest BCUT2D eigenvalue weighted by Crippen LogP contribution is 2.28. The van der Waals surface area contributed by atoms with Gasteiger partial charge in [0.1, 0.15) is 5.75 Å². The van der Waals surface area contributed by atoms with Crippen LogP contribution in [0.1, 0.15) is 22.6 Å². The molecule has 106 valence electrons. The highest BCUT2D eigenvalue weighted by Gasteiger charge is 2.12. The standard InChI is InChI=1S/C17H20ClNO/c1-12-3-6-14(7-4-12)15(11-19)9-13-5-8-17(20-2)16(18)10-13/h3-8,10,15H,9,11,19H2,1-2H3. The molecule has 0 aliphatic carbocycles. The quantitative estimate of drug-likeness (QED) is 0.905. The van der Waals surface area contributed by atoms with Gasteiger partial charge in [0.15, 0.2) is 0 Å². The molecule has 0 spiro atoms. The van der Waals surface area contributed by atoms with Gasteiger partial charge < -0.3 is 10.5 Å². The van der Waals surface area contributed by atoms with E-state index in [1.165, 1.54) is 16.7 Å². The minimum Gasteiger partial charge on any atom is -0.495 e. The molecular weight excluding hydrogens is 270 g/mol. The van der Waals surface area contributed by atoms with Crippen molar-refractivity contribution in [3.8, 4) is 5.75 Å². The zero-order valence-corrected chi connectivity index (χ0v) is 12.7. The summed E-state index contributed by atoms with van der Waals surface area (Å²) >= 11 is 6.17. The molecule has 0 heterocycles. The predicted octanol–water partition coefficient (Wildman–Crippen LogP) is 3.94. The van der Waals surface area contributed by atoms with Crippen molar-refractivity contribution >= 4 is 11.6 Å². The van der Waals surface area contributed by atoms with E-state index in [1.54, 1.807) is 7.11 Å². The van der Waals surface area contributed by atoms with Crippen molar-refractivity contribution in [3.05, 3.63) is 64.2 Å². The first-order valence-corrected chi connectivity index (χ1v) is 7.11. The van der Waals surface area contributed by atoms with Gasteiger partial charge in [0.05, 0.1) is 12.1 Å².